The molecule has 122 valence electrons. The molecule has 4 nitrogen and oxygen atoms in total. The minimum Gasteiger partial charge on any atom is -0.454 e. The number of hydrogen-bond acceptors (Lipinski definition) is 4. The van der Waals surface area contributed by atoms with Crippen LogP contribution in [0, 0.1) is 5.92 Å². The van der Waals surface area contributed by atoms with E-state index >= 15 is 0 Å². The van der Waals surface area contributed by atoms with Crippen LogP contribution in [0.3, 0.4) is 0 Å². The summed E-state index contributed by atoms with van der Waals surface area (Å²) < 4.78 is 22.4. The van der Waals surface area contributed by atoms with Gasteiger partial charge in [0.25, 0.3) is 0 Å². The molecule has 2 aromatic rings. The van der Waals surface area contributed by atoms with Gasteiger partial charge in [-0.3, -0.25) is 0 Å². The highest BCUT2D eigenvalue weighted by molar-refractivity contribution is 5.89. The summed E-state index contributed by atoms with van der Waals surface area (Å²) in [5.41, 5.74) is 6.20. The third-order valence-electron chi connectivity index (χ3n) is 5.20. The Labute approximate surface area is 140 Å². The predicted octanol–water partition coefficient (Wildman–Crippen LogP) is 4.16. The Morgan fingerprint density at radius 1 is 0.875 bits per heavy atom. The van der Waals surface area contributed by atoms with Crippen LogP contribution in [0.5, 0.6) is 23.0 Å². The molecule has 0 unspecified atom stereocenters. The third-order valence-corrected chi connectivity index (χ3v) is 5.20. The average molecular weight is 322 g/mol. The molecule has 0 aromatic heterocycles. The molecule has 0 radical (unpaired) electrons. The van der Waals surface area contributed by atoms with E-state index in [4.69, 9.17) is 18.9 Å². The van der Waals surface area contributed by atoms with E-state index < -0.39 is 0 Å². The lowest BCUT2D eigenvalue weighted by Crippen LogP contribution is -2.13. The Kier molecular flexibility index (Phi) is 2.84. The second-order valence-corrected chi connectivity index (χ2v) is 6.56. The van der Waals surface area contributed by atoms with Crippen molar-refractivity contribution < 1.29 is 18.9 Å². The first-order valence-corrected chi connectivity index (χ1v) is 8.25. The Hall–Kier alpha value is -2.62. The quantitative estimate of drug-likeness (QED) is 0.790. The molecule has 2 aromatic carbocycles. The van der Waals surface area contributed by atoms with E-state index in [1.54, 1.807) is 0 Å². The monoisotopic (exact) mass is 322 g/mol. The van der Waals surface area contributed by atoms with Gasteiger partial charge in [-0.05, 0) is 54.2 Å². The molecule has 4 heteroatoms. The molecule has 2 heterocycles. The molecule has 0 bridgehead atoms. The zero-order valence-corrected chi connectivity index (χ0v) is 13.7. The van der Waals surface area contributed by atoms with Crippen molar-refractivity contribution in [1.29, 1.82) is 0 Å². The van der Waals surface area contributed by atoms with Crippen molar-refractivity contribution in [3.63, 3.8) is 0 Å². The Morgan fingerprint density at radius 2 is 1.62 bits per heavy atom. The first kappa shape index (κ1) is 13.8. The lowest BCUT2D eigenvalue weighted by molar-refractivity contribution is 0.173. The van der Waals surface area contributed by atoms with Gasteiger partial charge in [-0.15, -0.1) is 0 Å². The average Bonchev–Trinajstić information content (AvgIpc) is 3.23. The van der Waals surface area contributed by atoms with Gasteiger partial charge < -0.3 is 18.9 Å². The molecule has 1 atom stereocenters. The molecule has 5 rings (SSSR count). The van der Waals surface area contributed by atoms with Gasteiger partial charge in [-0.1, -0.05) is 24.6 Å². The van der Waals surface area contributed by atoms with Crippen LogP contribution in [-0.4, -0.2) is 13.6 Å². The molecular formula is C20H18O4. The maximum absolute atomic E-state index is 5.81. The number of allylic oxidation sites excluding steroid dienone is 1. The number of ether oxygens (including phenoxy) is 4. The Morgan fingerprint density at radius 3 is 2.54 bits per heavy atom. The van der Waals surface area contributed by atoms with Crippen molar-refractivity contribution in [3.05, 3.63) is 52.6 Å². The first-order chi connectivity index (χ1) is 11.7. The Balaban J connectivity index is 1.75. The van der Waals surface area contributed by atoms with Crippen LogP contribution in [0.4, 0.5) is 0 Å². The highest BCUT2D eigenvalue weighted by Crippen LogP contribution is 2.49. The number of benzene rings is 2. The van der Waals surface area contributed by atoms with Gasteiger partial charge in [-0.25, -0.2) is 0 Å². The molecule has 24 heavy (non-hydrogen) atoms. The molecule has 0 fully saturated rings. The number of rotatable bonds is 1. The van der Waals surface area contributed by atoms with Crippen LogP contribution < -0.4 is 18.9 Å². The largest absolute Gasteiger partial charge is 0.454 e. The van der Waals surface area contributed by atoms with Gasteiger partial charge in [0.05, 0.1) is 0 Å². The summed E-state index contributed by atoms with van der Waals surface area (Å²) in [5.74, 6) is 3.79. The van der Waals surface area contributed by atoms with E-state index in [-0.39, 0.29) is 13.6 Å². The van der Waals surface area contributed by atoms with Crippen molar-refractivity contribution >= 4 is 5.57 Å². The molecule has 0 amide bonds. The molecule has 0 spiro atoms. The van der Waals surface area contributed by atoms with Gasteiger partial charge in [0.15, 0.2) is 23.0 Å². The van der Waals surface area contributed by atoms with Gasteiger partial charge in [0.1, 0.15) is 0 Å². The maximum Gasteiger partial charge on any atom is 0.231 e. The molecule has 3 aliphatic rings. The van der Waals surface area contributed by atoms with Crippen LogP contribution in [-0.2, 0) is 6.42 Å². The molecule has 0 saturated carbocycles. The van der Waals surface area contributed by atoms with Gasteiger partial charge >= 0.3 is 0 Å². The summed E-state index contributed by atoms with van der Waals surface area (Å²) in [4.78, 5) is 0. The summed E-state index contributed by atoms with van der Waals surface area (Å²) in [6.07, 6.45) is 1.02. The second-order valence-electron chi connectivity index (χ2n) is 6.56. The molecule has 0 saturated heterocycles. The van der Waals surface area contributed by atoms with E-state index in [9.17, 15) is 0 Å². The Bertz CT molecular complexity index is 881. The summed E-state index contributed by atoms with van der Waals surface area (Å²) in [5, 5.41) is 0. The number of hydrogen-bond donors (Lipinski definition) is 0. The molecule has 0 N–H and O–H groups in total. The van der Waals surface area contributed by atoms with Crippen molar-refractivity contribution in [2.45, 2.75) is 20.3 Å². The zero-order chi connectivity index (χ0) is 16.3. The fourth-order valence-electron chi connectivity index (χ4n) is 3.81. The first-order valence-electron chi connectivity index (χ1n) is 8.25. The van der Waals surface area contributed by atoms with Crippen LogP contribution in [0.15, 0.2) is 35.9 Å². The fourth-order valence-corrected chi connectivity index (χ4v) is 3.81. The van der Waals surface area contributed by atoms with Crippen LogP contribution >= 0.6 is 0 Å². The van der Waals surface area contributed by atoms with Gasteiger partial charge in [-0.2, -0.15) is 0 Å². The van der Waals surface area contributed by atoms with Crippen LogP contribution in [0.2, 0.25) is 0 Å². The third kappa shape index (κ3) is 1.86. The van der Waals surface area contributed by atoms with Gasteiger partial charge in [0, 0.05) is 5.56 Å². The second kappa shape index (κ2) is 4.94. The van der Waals surface area contributed by atoms with Crippen LogP contribution in [0.25, 0.3) is 5.57 Å². The summed E-state index contributed by atoms with van der Waals surface area (Å²) >= 11 is 0. The SMILES string of the molecule is CC1=C(c2ccc3c(c2)OCO3)c2c(ccc3c2OCO3)C[C@H]1C. The molecular weight excluding hydrogens is 304 g/mol. The van der Waals surface area contributed by atoms with E-state index in [1.165, 1.54) is 22.3 Å². The molecule has 1 aliphatic carbocycles. The van der Waals surface area contributed by atoms with E-state index in [1.807, 2.05) is 12.1 Å². The minimum atomic E-state index is 0.287. The standard InChI is InChI=1S/C20H18O4/c1-11-7-13-4-6-16-20(24-10-22-16)19(13)18(12(11)2)14-3-5-15-17(8-14)23-9-21-15/h3-6,8,11H,7,9-10H2,1-2H3/t11-/m1/s1. The van der Waals surface area contributed by atoms with Crippen molar-refractivity contribution in [1.82, 2.24) is 0 Å². The van der Waals surface area contributed by atoms with E-state index in [2.05, 4.69) is 32.0 Å². The normalized spacial score (nSPS) is 20.3. The lowest BCUT2D eigenvalue weighted by Gasteiger charge is -2.28. The van der Waals surface area contributed by atoms with Crippen molar-refractivity contribution in [2.24, 2.45) is 5.92 Å². The van der Waals surface area contributed by atoms with E-state index in [0.717, 1.165) is 35.0 Å². The smallest absolute Gasteiger partial charge is 0.231 e. The highest BCUT2D eigenvalue weighted by Gasteiger charge is 2.31. The van der Waals surface area contributed by atoms with Crippen molar-refractivity contribution in [2.75, 3.05) is 13.6 Å². The van der Waals surface area contributed by atoms with Crippen LogP contribution in [0.1, 0.15) is 30.5 Å². The predicted molar refractivity (Wildman–Crippen MR) is 89.7 cm³/mol. The highest BCUT2D eigenvalue weighted by atomic mass is 16.7. The maximum atomic E-state index is 5.81. The van der Waals surface area contributed by atoms with E-state index in [0.29, 0.717) is 5.92 Å². The minimum absolute atomic E-state index is 0.287. The fraction of sp³-hybridized carbons (Fsp3) is 0.300. The molecule has 2 aliphatic heterocycles. The van der Waals surface area contributed by atoms with Gasteiger partial charge in [0.2, 0.25) is 13.6 Å². The summed E-state index contributed by atoms with van der Waals surface area (Å²) in [7, 11) is 0. The summed E-state index contributed by atoms with van der Waals surface area (Å²) in [6.45, 7) is 5.06. The van der Waals surface area contributed by atoms with Crippen molar-refractivity contribution in [3.8, 4) is 23.0 Å². The summed E-state index contributed by atoms with van der Waals surface area (Å²) in [6, 6.07) is 10.3. The lowest BCUT2D eigenvalue weighted by atomic mass is 9.77. The number of fused-ring (bicyclic) bond motifs is 4. The zero-order valence-electron chi connectivity index (χ0n) is 13.7. The topological polar surface area (TPSA) is 36.9 Å².